The SMILES string of the molecule is CC[Si](CC)(CC)CCCCOC(=O)c1ccc(Nc2nc(Nc3ccc(C(=O)OCCCC[Si](CC)(CC)CC)cc3)nc(Nc3ccc(C(=O)OCCCC[Si](CC)(CC)CC)cc3)n2)cc1. The van der Waals surface area contributed by atoms with E-state index in [9.17, 15) is 14.4 Å². The molecule has 1 heterocycles. The molecule has 0 radical (unpaired) electrons. The summed E-state index contributed by atoms with van der Waals surface area (Å²) in [6.45, 7) is 22.2. The minimum Gasteiger partial charge on any atom is -0.462 e. The molecular formula is C54H84N6O6Si3. The second-order valence-electron chi connectivity index (χ2n) is 18.9. The van der Waals surface area contributed by atoms with E-state index >= 15 is 0 Å². The Morgan fingerprint density at radius 1 is 0.362 bits per heavy atom. The Bertz CT molecular complexity index is 1870. The van der Waals surface area contributed by atoms with Gasteiger partial charge in [0, 0.05) is 17.1 Å². The van der Waals surface area contributed by atoms with Gasteiger partial charge < -0.3 is 30.2 Å². The van der Waals surface area contributed by atoms with Crippen molar-refractivity contribution in [3.05, 3.63) is 89.5 Å². The van der Waals surface area contributed by atoms with Crippen molar-refractivity contribution in [3.63, 3.8) is 0 Å². The number of hydrogen-bond acceptors (Lipinski definition) is 12. The van der Waals surface area contributed by atoms with E-state index in [1.54, 1.807) is 72.8 Å². The predicted octanol–water partition coefficient (Wildman–Crippen LogP) is 15.4. The normalized spacial score (nSPS) is 11.8. The van der Waals surface area contributed by atoms with Crippen LogP contribution in [-0.2, 0) is 14.2 Å². The van der Waals surface area contributed by atoms with Crippen LogP contribution in [0.15, 0.2) is 72.8 Å². The maximum atomic E-state index is 12.9. The van der Waals surface area contributed by atoms with Crippen molar-refractivity contribution in [1.29, 1.82) is 0 Å². The van der Waals surface area contributed by atoms with E-state index in [1.807, 2.05) is 0 Å². The smallest absolute Gasteiger partial charge is 0.338 e. The van der Waals surface area contributed by atoms with E-state index in [1.165, 1.54) is 72.5 Å². The molecule has 1 aromatic heterocycles. The van der Waals surface area contributed by atoms with E-state index in [4.69, 9.17) is 14.2 Å². The van der Waals surface area contributed by atoms with Crippen LogP contribution in [-0.4, -0.2) is 76.9 Å². The zero-order chi connectivity index (χ0) is 50.1. The number of esters is 3. The summed E-state index contributed by atoms with van der Waals surface area (Å²) in [7, 11) is -3.54. The Morgan fingerprint density at radius 2 is 0.580 bits per heavy atom. The molecule has 0 aliphatic rings. The van der Waals surface area contributed by atoms with Gasteiger partial charge in [-0.05, 0) is 92.1 Å². The van der Waals surface area contributed by atoms with Crippen LogP contribution in [0.3, 0.4) is 0 Å². The molecule has 4 aromatic rings. The van der Waals surface area contributed by atoms with E-state index < -0.39 is 24.2 Å². The lowest BCUT2D eigenvalue weighted by atomic mass is 10.2. The molecule has 3 N–H and O–H groups in total. The van der Waals surface area contributed by atoms with Crippen LogP contribution in [0, 0.1) is 0 Å². The molecule has 3 aromatic carbocycles. The molecule has 0 saturated carbocycles. The Balaban J connectivity index is 1.42. The molecule has 0 aliphatic heterocycles. The largest absolute Gasteiger partial charge is 0.462 e. The molecule has 0 spiro atoms. The van der Waals surface area contributed by atoms with E-state index in [2.05, 4.69) is 93.2 Å². The second-order valence-corrected chi connectivity index (χ2v) is 35.7. The standard InChI is InChI=1S/C54H84N6O6Si3/c1-10-67(11-2,12-3)40-22-19-37-64-49(61)43-25-31-46(32-26-43)55-52-58-53(56-47-33-27-44(28-34-47)50(62)65-38-20-23-41-68(13-4,14-5)15-6)60-54(59-52)57-48-35-29-45(30-36-48)51(63)66-39-21-24-42-69(16-7,17-8)18-9/h25-36H,10-24,37-42H2,1-9H3,(H3,55,56,57,58,59,60). The number of unbranched alkanes of at least 4 members (excludes halogenated alkanes) is 3. The third-order valence-electron chi connectivity index (χ3n) is 15.5. The first kappa shape index (κ1) is 56.7. The number of rotatable bonds is 33. The summed E-state index contributed by atoms with van der Waals surface area (Å²) in [6, 6.07) is 36.6. The number of hydrogen-bond donors (Lipinski definition) is 3. The Kier molecular flexibility index (Phi) is 24.1. The van der Waals surface area contributed by atoms with Crippen LogP contribution < -0.4 is 16.0 Å². The molecule has 0 atom stereocenters. The molecule has 12 nitrogen and oxygen atoms in total. The number of ether oxygens (including phenoxy) is 3. The maximum Gasteiger partial charge on any atom is 0.338 e. The van der Waals surface area contributed by atoms with Gasteiger partial charge in [0.25, 0.3) is 0 Å². The van der Waals surface area contributed by atoms with Gasteiger partial charge in [0.15, 0.2) is 0 Å². The van der Waals surface area contributed by atoms with Crippen LogP contribution >= 0.6 is 0 Å². The average Bonchev–Trinajstić information content (AvgIpc) is 3.38. The Hall–Kier alpha value is -4.87. The molecule has 0 aliphatic carbocycles. The number of anilines is 6. The fraction of sp³-hybridized carbons (Fsp3) is 0.556. The fourth-order valence-electron chi connectivity index (χ4n) is 9.39. The van der Waals surface area contributed by atoms with Gasteiger partial charge in [0.05, 0.1) is 60.7 Å². The molecular weight excluding hydrogens is 913 g/mol. The maximum absolute atomic E-state index is 12.9. The third kappa shape index (κ3) is 17.8. The predicted molar refractivity (Wildman–Crippen MR) is 294 cm³/mol. The number of nitrogens with one attached hydrogen (secondary N) is 3. The summed E-state index contributed by atoms with van der Waals surface area (Å²) in [4.78, 5) is 52.7. The van der Waals surface area contributed by atoms with Gasteiger partial charge in [-0.3, -0.25) is 0 Å². The molecule has 69 heavy (non-hydrogen) atoms. The molecule has 0 unspecified atom stereocenters. The highest BCUT2D eigenvalue weighted by molar-refractivity contribution is 6.80. The summed E-state index contributed by atoms with van der Waals surface area (Å²) in [5.41, 5.74) is 3.37. The Morgan fingerprint density at radius 3 is 0.783 bits per heavy atom. The number of nitrogens with zero attached hydrogens (tertiary/aromatic N) is 3. The van der Waals surface area contributed by atoms with Crippen LogP contribution in [0.2, 0.25) is 72.5 Å². The summed E-state index contributed by atoms with van der Waals surface area (Å²) in [6.07, 6.45) is 5.90. The number of carbonyl (C=O) groups is 3. The second kappa shape index (κ2) is 29.3. The van der Waals surface area contributed by atoms with Gasteiger partial charge in [-0.2, -0.15) is 15.0 Å². The van der Waals surface area contributed by atoms with Crippen LogP contribution in [0.5, 0.6) is 0 Å². The summed E-state index contributed by atoms with van der Waals surface area (Å²) in [5.74, 6) is -0.317. The average molecular weight is 998 g/mol. The zero-order valence-electron chi connectivity index (χ0n) is 43.6. The van der Waals surface area contributed by atoms with Crippen LogP contribution in [0.4, 0.5) is 34.9 Å². The lowest BCUT2D eigenvalue weighted by molar-refractivity contribution is 0.0490. The first-order chi connectivity index (χ1) is 33.4. The lowest BCUT2D eigenvalue weighted by Gasteiger charge is -2.27. The number of aromatic nitrogens is 3. The summed E-state index contributed by atoms with van der Waals surface area (Å²) >= 11 is 0. The van der Waals surface area contributed by atoms with E-state index in [-0.39, 0.29) is 35.8 Å². The zero-order valence-corrected chi connectivity index (χ0v) is 46.6. The third-order valence-corrected chi connectivity index (χ3v) is 33.3. The first-order valence-corrected chi connectivity index (χ1v) is 34.7. The molecule has 15 heteroatoms. The van der Waals surface area contributed by atoms with Crippen molar-refractivity contribution < 1.29 is 28.6 Å². The van der Waals surface area contributed by atoms with Crippen molar-refractivity contribution in [2.75, 3.05) is 35.8 Å². The highest BCUT2D eigenvalue weighted by atomic mass is 28.3. The monoisotopic (exact) mass is 997 g/mol. The molecule has 4 rings (SSSR count). The quantitative estimate of drug-likeness (QED) is 0.0180. The van der Waals surface area contributed by atoms with Crippen LogP contribution in [0.25, 0.3) is 0 Å². The molecule has 0 fully saturated rings. The Labute approximate surface area is 417 Å². The van der Waals surface area contributed by atoms with Crippen LogP contribution in [0.1, 0.15) is 132 Å². The van der Waals surface area contributed by atoms with Crippen molar-refractivity contribution in [2.45, 2.75) is 173 Å². The minimum atomic E-state index is -1.18. The summed E-state index contributed by atoms with van der Waals surface area (Å²) < 4.78 is 16.9. The van der Waals surface area contributed by atoms with Gasteiger partial charge in [-0.1, -0.05) is 154 Å². The first-order valence-electron chi connectivity index (χ1n) is 26.3. The molecule has 0 amide bonds. The van der Waals surface area contributed by atoms with Gasteiger partial charge in [-0.15, -0.1) is 0 Å². The highest BCUT2D eigenvalue weighted by Gasteiger charge is 2.27. The topological polar surface area (TPSA) is 154 Å². The fourth-order valence-corrected chi connectivity index (χ4v) is 20.1. The van der Waals surface area contributed by atoms with Crippen molar-refractivity contribution in [2.24, 2.45) is 0 Å². The van der Waals surface area contributed by atoms with Gasteiger partial charge in [0.2, 0.25) is 17.8 Å². The minimum absolute atomic E-state index is 0.241. The number of carbonyl (C=O) groups excluding carboxylic acids is 3. The van der Waals surface area contributed by atoms with Crippen molar-refractivity contribution in [3.8, 4) is 0 Å². The molecule has 0 saturated heterocycles. The molecule has 0 bridgehead atoms. The van der Waals surface area contributed by atoms with Gasteiger partial charge >= 0.3 is 17.9 Å². The van der Waals surface area contributed by atoms with Crippen molar-refractivity contribution in [1.82, 2.24) is 15.0 Å². The lowest BCUT2D eigenvalue weighted by Crippen LogP contribution is -2.30. The highest BCUT2D eigenvalue weighted by Crippen LogP contribution is 2.30. The van der Waals surface area contributed by atoms with Gasteiger partial charge in [-0.25, -0.2) is 14.4 Å². The van der Waals surface area contributed by atoms with Crippen molar-refractivity contribution >= 4 is 77.0 Å². The molecule has 378 valence electrons. The van der Waals surface area contributed by atoms with E-state index in [0.717, 1.165) is 38.5 Å². The number of benzene rings is 3. The summed E-state index contributed by atoms with van der Waals surface area (Å²) in [5, 5.41) is 9.74. The van der Waals surface area contributed by atoms with Gasteiger partial charge in [0.1, 0.15) is 0 Å². The van der Waals surface area contributed by atoms with E-state index in [0.29, 0.717) is 53.6 Å².